The summed E-state index contributed by atoms with van der Waals surface area (Å²) in [5.74, 6) is -0.218. The highest BCUT2D eigenvalue weighted by Gasteiger charge is 2.45. The van der Waals surface area contributed by atoms with Crippen molar-refractivity contribution in [1.29, 1.82) is 0 Å². The predicted octanol–water partition coefficient (Wildman–Crippen LogP) is 1.27. The van der Waals surface area contributed by atoms with E-state index < -0.39 is 24.7 Å². The number of hydrogen-bond acceptors (Lipinski definition) is 5. The molecule has 0 radical (unpaired) electrons. The van der Waals surface area contributed by atoms with Gasteiger partial charge in [0.05, 0.1) is 0 Å². The van der Waals surface area contributed by atoms with E-state index in [1.165, 1.54) is 4.90 Å². The second-order valence-electron chi connectivity index (χ2n) is 5.77. The lowest BCUT2D eigenvalue weighted by Gasteiger charge is -2.36. The van der Waals surface area contributed by atoms with Crippen LogP contribution in [0, 0.1) is 0 Å². The van der Waals surface area contributed by atoms with Crippen LogP contribution in [0.4, 0.5) is 23.9 Å². The molecule has 2 aliphatic heterocycles. The second kappa shape index (κ2) is 6.25. The Morgan fingerprint density at radius 3 is 2.33 bits per heavy atom. The van der Waals surface area contributed by atoms with Crippen LogP contribution in [0.15, 0.2) is 18.5 Å². The predicted molar refractivity (Wildman–Crippen MR) is 77.1 cm³/mol. The quantitative estimate of drug-likeness (QED) is 0.773. The number of anilines is 1. The third-order valence-electron chi connectivity index (χ3n) is 4.16. The SMILES string of the molecule is O=C1CN(C2CCN(c3ncccn3)CC2)C(=O)N1CC(F)(F)F. The highest BCUT2D eigenvalue weighted by molar-refractivity contribution is 6.02. The van der Waals surface area contributed by atoms with Gasteiger partial charge in [-0.25, -0.2) is 14.8 Å². The third-order valence-corrected chi connectivity index (χ3v) is 4.16. The molecule has 3 amide bonds. The van der Waals surface area contributed by atoms with E-state index in [0.29, 0.717) is 31.9 Å². The van der Waals surface area contributed by atoms with Crippen LogP contribution in [0.3, 0.4) is 0 Å². The number of rotatable bonds is 3. The number of amides is 3. The monoisotopic (exact) mass is 343 g/mol. The Morgan fingerprint density at radius 2 is 1.75 bits per heavy atom. The van der Waals surface area contributed by atoms with Gasteiger partial charge in [0.1, 0.15) is 13.1 Å². The molecule has 24 heavy (non-hydrogen) atoms. The van der Waals surface area contributed by atoms with Gasteiger partial charge in [-0.1, -0.05) is 0 Å². The molecule has 2 aliphatic rings. The van der Waals surface area contributed by atoms with E-state index in [1.54, 1.807) is 18.5 Å². The van der Waals surface area contributed by atoms with Gasteiger partial charge in [0.25, 0.3) is 5.91 Å². The summed E-state index contributed by atoms with van der Waals surface area (Å²) in [4.78, 5) is 35.7. The first-order valence-corrected chi connectivity index (χ1v) is 7.55. The molecule has 3 rings (SSSR count). The van der Waals surface area contributed by atoms with Gasteiger partial charge in [0.2, 0.25) is 5.95 Å². The van der Waals surface area contributed by atoms with E-state index in [9.17, 15) is 22.8 Å². The number of aromatic nitrogens is 2. The molecule has 3 heterocycles. The van der Waals surface area contributed by atoms with Gasteiger partial charge in [-0.15, -0.1) is 0 Å². The molecule has 1 aromatic rings. The number of carbonyl (C=O) groups is 2. The van der Waals surface area contributed by atoms with Crippen LogP contribution in [0.2, 0.25) is 0 Å². The first-order valence-electron chi connectivity index (χ1n) is 7.55. The summed E-state index contributed by atoms with van der Waals surface area (Å²) in [5.41, 5.74) is 0. The van der Waals surface area contributed by atoms with Crippen LogP contribution < -0.4 is 4.90 Å². The molecule has 0 N–H and O–H groups in total. The van der Waals surface area contributed by atoms with Crippen LogP contribution in [-0.2, 0) is 4.79 Å². The average Bonchev–Trinajstić information content (AvgIpc) is 2.83. The maximum absolute atomic E-state index is 12.5. The Bertz CT molecular complexity index is 617. The fraction of sp³-hybridized carbons (Fsp3) is 0.571. The number of imide groups is 1. The molecular formula is C14H16F3N5O2. The van der Waals surface area contributed by atoms with Gasteiger partial charge < -0.3 is 9.80 Å². The fourth-order valence-electron chi connectivity index (χ4n) is 3.01. The molecule has 0 spiro atoms. The van der Waals surface area contributed by atoms with Crippen molar-refractivity contribution in [3.05, 3.63) is 18.5 Å². The molecule has 0 bridgehead atoms. The van der Waals surface area contributed by atoms with Crippen LogP contribution in [-0.4, -0.2) is 70.1 Å². The van der Waals surface area contributed by atoms with Crippen molar-refractivity contribution in [1.82, 2.24) is 19.8 Å². The van der Waals surface area contributed by atoms with Gasteiger partial charge in [0.15, 0.2) is 0 Å². The highest BCUT2D eigenvalue weighted by Crippen LogP contribution is 2.26. The summed E-state index contributed by atoms with van der Waals surface area (Å²) < 4.78 is 37.4. The Kier molecular flexibility index (Phi) is 4.29. The van der Waals surface area contributed by atoms with Crippen LogP contribution in [0.5, 0.6) is 0 Å². The van der Waals surface area contributed by atoms with E-state index in [1.807, 2.05) is 4.90 Å². The lowest BCUT2D eigenvalue weighted by molar-refractivity contribution is -0.151. The minimum absolute atomic E-state index is 0.250. The van der Waals surface area contributed by atoms with Crippen molar-refractivity contribution < 1.29 is 22.8 Å². The normalized spacial score (nSPS) is 20.2. The Labute approximate surface area is 136 Å². The number of urea groups is 1. The number of halogens is 3. The zero-order valence-electron chi connectivity index (χ0n) is 12.7. The lowest BCUT2D eigenvalue weighted by atomic mass is 10.0. The topological polar surface area (TPSA) is 69.6 Å². The van der Waals surface area contributed by atoms with E-state index in [2.05, 4.69) is 9.97 Å². The second-order valence-corrected chi connectivity index (χ2v) is 5.77. The zero-order valence-corrected chi connectivity index (χ0v) is 12.7. The zero-order chi connectivity index (χ0) is 17.3. The van der Waals surface area contributed by atoms with E-state index in [-0.39, 0.29) is 17.5 Å². The summed E-state index contributed by atoms with van der Waals surface area (Å²) in [5, 5.41) is 0. The molecule has 0 aliphatic carbocycles. The standard InChI is InChI=1S/C14H16F3N5O2/c15-14(16,17)9-22-11(23)8-21(13(22)24)10-2-6-20(7-3-10)12-18-4-1-5-19-12/h1,4-5,10H,2-3,6-9H2. The molecule has 10 heteroatoms. The van der Waals surface area contributed by atoms with E-state index in [4.69, 9.17) is 0 Å². The lowest BCUT2D eigenvalue weighted by Crippen LogP contribution is -2.47. The minimum Gasteiger partial charge on any atom is -0.341 e. The molecule has 0 saturated carbocycles. The molecule has 130 valence electrons. The van der Waals surface area contributed by atoms with Crippen molar-refractivity contribution in [3.8, 4) is 0 Å². The van der Waals surface area contributed by atoms with Crippen molar-refractivity contribution in [3.63, 3.8) is 0 Å². The largest absolute Gasteiger partial charge is 0.406 e. The van der Waals surface area contributed by atoms with Gasteiger partial charge in [-0.2, -0.15) is 13.2 Å². The first kappa shape index (κ1) is 16.5. The van der Waals surface area contributed by atoms with Crippen molar-refractivity contribution in [2.75, 3.05) is 31.1 Å². The molecule has 0 atom stereocenters. The summed E-state index contributed by atoms with van der Waals surface area (Å²) >= 11 is 0. The fourth-order valence-corrected chi connectivity index (χ4v) is 3.01. The summed E-state index contributed by atoms with van der Waals surface area (Å²) in [6.07, 6.45) is -0.220. The molecule has 0 unspecified atom stereocenters. The molecule has 0 aromatic carbocycles. The minimum atomic E-state index is -4.59. The third kappa shape index (κ3) is 3.41. The Morgan fingerprint density at radius 1 is 1.12 bits per heavy atom. The van der Waals surface area contributed by atoms with Gasteiger partial charge in [0, 0.05) is 31.5 Å². The molecule has 2 fully saturated rings. The Hall–Kier alpha value is -2.39. The Balaban J connectivity index is 1.61. The number of piperidine rings is 1. The van der Waals surface area contributed by atoms with Gasteiger partial charge in [-0.05, 0) is 18.9 Å². The van der Waals surface area contributed by atoms with Crippen molar-refractivity contribution in [2.45, 2.75) is 25.1 Å². The summed E-state index contributed by atoms with van der Waals surface area (Å²) in [7, 11) is 0. The highest BCUT2D eigenvalue weighted by atomic mass is 19.4. The molecular weight excluding hydrogens is 327 g/mol. The van der Waals surface area contributed by atoms with E-state index >= 15 is 0 Å². The van der Waals surface area contributed by atoms with Crippen molar-refractivity contribution >= 4 is 17.9 Å². The smallest absolute Gasteiger partial charge is 0.341 e. The van der Waals surface area contributed by atoms with Gasteiger partial charge >= 0.3 is 12.2 Å². The first-order chi connectivity index (χ1) is 11.3. The average molecular weight is 343 g/mol. The van der Waals surface area contributed by atoms with Crippen LogP contribution in [0.25, 0.3) is 0 Å². The molecule has 1 aromatic heterocycles. The van der Waals surface area contributed by atoms with Crippen LogP contribution >= 0.6 is 0 Å². The molecule has 2 saturated heterocycles. The number of hydrogen-bond donors (Lipinski definition) is 0. The van der Waals surface area contributed by atoms with Gasteiger partial charge in [-0.3, -0.25) is 9.69 Å². The number of alkyl halides is 3. The van der Waals surface area contributed by atoms with Crippen LogP contribution in [0.1, 0.15) is 12.8 Å². The maximum Gasteiger partial charge on any atom is 0.406 e. The molecule has 7 nitrogen and oxygen atoms in total. The summed E-state index contributed by atoms with van der Waals surface area (Å²) in [6.45, 7) is -0.670. The van der Waals surface area contributed by atoms with Crippen molar-refractivity contribution in [2.24, 2.45) is 0 Å². The summed E-state index contributed by atoms with van der Waals surface area (Å²) in [6, 6.07) is 0.603. The number of carbonyl (C=O) groups excluding carboxylic acids is 2. The maximum atomic E-state index is 12.5. The van der Waals surface area contributed by atoms with E-state index in [0.717, 1.165) is 0 Å². The number of nitrogens with zero attached hydrogens (tertiary/aromatic N) is 5.